The molecule has 0 aromatic carbocycles. The van der Waals surface area contributed by atoms with Crippen molar-refractivity contribution in [1.29, 1.82) is 0 Å². The van der Waals surface area contributed by atoms with Crippen molar-refractivity contribution in [3.63, 3.8) is 0 Å². The maximum atomic E-state index is 5.46. The molecular weight excluding hydrogens is 264 g/mol. The SMILES string of the molecule is Nc1c(Br)nc(Br)c[n+]1N. The fourth-order valence-electron chi connectivity index (χ4n) is 0.471. The fraction of sp³-hybridized carbons (Fsp3) is 0. The normalized spacial score (nSPS) is 9.80. The number of halogens is 2. The number of nitrogen functional groups attached to an aromatic ring is 2. The summed E-state index contributed by atoms with van der Waals surface area (Å²) in [6, 6.07) is 0. The Bertz CT molecular complexity index is 238. The molecule has 0 spiro atoms. The predicted molar refractivity (Wildman–Crippen MR) is 44.4 cm³/mol. The number of aromatic nitrogens is 2. The monoisotopic (exact) mass is 267 g/mol. The number of nitrogens with zero attached hydrogens (tertiary/aromatic N) is 2. The van der Waals surface area contributed by atoms with Gasteiger partial charge in [0.1, 0.15) is 4.60 Å². The van der Waals surface area contributed by atoms with E-state index < -0.39 is 0 Å². The highest BCUT2D eigenvalue weighted by molar-refractivity contribution is 9.11. The zero-order valence-corrected chi connectivity index (χ0v) is 8.05. The van der Waals surface area contributed by atoms with Gasteiger partial charge >= 0.3 is 5.82 Å². The Morgan fingerprint density at radius 2 is 2.10 bits per heavy atom. The molecule has 1 aromatic heterocycles. The second-order valence-corrected chi connectivity index (χ2v) is 3.21. The van der Waals surface area contributed by atoms with Crippen LogP contribution in [0.3, 0.4) is 0 Å². The summed E-state index contributed by atoms with van der Waals surface area (Å²) >= 11 is 6.28. The predicted octanol–water partition coefficient (Wildman–Crippen LogP) is 0.190. The highest BCUT2D eigenvalue weighted by Gasteiger charge is 2.08. The number of rotatable bonds is 0. The average molecular weight is 269 g/mol. The summed E-state index contributed by atoms with van der Waals surface area (Å²) in [5.74, 6) is 5.80. The van der Waals surface area contributed by atoms with E-state index >= 15 is 0 Å². The van der Waals surface area contributed by atoms with E-state index in [1.165, 1.54) is 4.68 Å². The molecule has 4 nitrogen and oxygen atoms in total. The van der Waals surface area contributed by atoms with Gasteiger partial charge < -0.3 is 0 Å². The van der Waals surface area contributed by atoms with E-state index in [0.29, 0.717) is 15.0 Å². The van der Waals surface area contributed by atoms with E-state index in [4.69, 9.17) is 11.6 Å². The van der Waals surface area contributed by atoms with Gasteiger partial charge in [0.2, 0.25) is 0 Å². The van der Waals surface area contributed by atoms with Gasteiger partial charge in [0, 0.05) is 0 Å². The lowest BCUT2D eigenvalue weighted by molar-refractivity contribution is -0.625. The molecule has 54 valence electrons. The van der Waals surface area contributed by atoms with Crippen LogP contribution in [0.2, 0.25) is 0 Å². The van der Waals surface area contributed by atoms with Gasteiger partial charge in [-0.05, 0) is 31.9 Å². The van der Waals surface area contributed by atoms with Crippen LogP contribution in [0.15, 0.2) is 15.4 Å². The van der Waals surface area contributed by atoms with Crippen LogP contribution in [0.1, 0.15) is 0 Å². The van der Waals surface area contributed by atoms with Gasteiger partial charge in [-0.1, -0.05) is 0 Å². The molecule has 4 N–H and O–H groups in total. The van der Waals surface area contributed by atoms with Crippen molar-refractivity contribution in [1.82, 2.24) is 4.98 Å². The van der Waals surface area contributed by atoms with Gasteiger partial charge in [-0.25, -0.2) is 4.98 Å². The molecule has 0 aliphatic rings. The molecule has 0 bridgehead atoms. The first-order chi connectivity index (χ1) is 4.61. The van der Waals surface area contributed by atoms with Crippen LogP contribution in [0.25, 0.3) is 0 Å². The third-order valence-corrected chi connectivity index (χ3v) is 1.91. The quantitative estimate of drug-likeness (QED) is 0.521. The Balaban J connectivity index is 3.31. The summed E-state index contributed by atoms with van der Waals surface area (Å²) in [7, 11) is 0. The van der Waals surface area contributed by atoms with E-state index in [1.807, 2.05) is 0 Å². The molecule has 0 unspecified atom stereocenters. The molecule has 1 rings (SSSR count). The first-order valence-electron chi connectivity index (χ1n) is 2.39. The molecular formula is C4H5Br2N4+. The van der Waals surface area contributed by atoms with Gasteiger partial charge in [-0.3, -0.25) is 11.6 Å². The van der Waals surface area contributed by atoms with Crippen molar-refractivity contribution < 1.29 is 4.68 Å². The maximum absolute atomic E-state index is 5.46. The molecule has 1 aromatic rings. The van der Waals surface area contributed by atoms with Crippen LogP contribution >= 0.6 is 31.9 Å². The minimum atomic E-state index is 0.392. The van der Waals surface area contributed by atoms with Crippen molar-refractivity contribution in [3.05, 3.63) is 15.4 Å². The third kappa shape index (κ3) is 1.38. The number of nitrogens with two attached hydrogens (primary N) is 2. The largest absolute Gasteiger partial charge is 0.329 e. The van der Waals surface area contributed by atoms with Crippen LogP contribution in [-0.4, -0.2) is 4.98 Å². The molecule has 0 saturated carbocycles. The standard InChI is InChI=1S/C4H4Br2N4/c5-2-1-10(8)4(7)3(6)9-2/h1,7H,8H2/p+1. The van der Waals surface area contributed by atoms with Crippen molar-refractivity contribution in [2.75, 3.05) is 11.6 Å². The first-order valence-corrected chi connectivity index (χ1v) is 3.98. The zero-order valence-electron chi connectivity index (χ0n) is 4.88. The second kappa shape index (κ2) is 2.71. The summed E-state index contributed by atoms with van der Waals surface area (Å²) < 4.78 is 2.45. The fourth-order valence-corrected chi connectivity index (χ4v) is 1.50. The minimum Gasteiger partial charge on any atom is -0.283 e. The molecule has 10 heavy (non-hydrogen) atoms. The molecule has 6 heteroatoms. The second-order valence-electron chi connectivity index (χ2n) is 1.65. The number of hydrogen-bond donors (Lipinski definition) is 2. The highest BCUT2D eigenvalue weighted by Crippen LogP contribution is 2.13. The van der Waals surface area contributed by atoms with Crippen LogP contribution in [0, 0.1) is 0 Å². The van der Waals surface area contributed by atoms with Gasteiger partial charge in [0.15, 0.2) is 10.8 Å². The molecule has 0 atom stereocenters. The first kappa shape index (κ1) is 7.74. The zero-order chi connectivity index (χ0) is 7.72. The topological polar surface area (TPSA) is 68.8 Å². The highest BCUT2D eigenvalue weighted by atomic mass is 79.9. The minimum absolute atomic E-state index is 0.392. The van der Waals surface area contributed by atoms with Crippen molar-refractivity contribution in [3.8, 4) is 0 Å². The lowest BCUT2D eigenvalue weighted by atomic mass is 10.7. The number of hydrogen-bond acceptors (Lipinski definition) is 3. The molecule has 1 heterocycles. The van der Waals surface area contributed by atoms with Crippen LogP contribution < -0.4 is 16.3 Å². The van der Waals surface area contributed by atoms with E-state index in [2.05, 4.69) is 36.8 Å². The van der Waals surface area contributed by atoms with Crippen LogP contribution in [-0.2, 0) is 0 Å². The van der Waals surface area contributed by atoms with Gasteiger partial charge in [-0.15, -0.1) is 4.68 Å². The van der Waals surface area contributed by atoms with E-state index in [1.54, 1.807) is 6.20 Å². The van der Waals surface area contributed by atoms with Gasteiger partial charge in [-0.2, -0.15) is 0 Å². The lowest BCUT2D eigenvalue weighted by Crippen LogP contribution is -2.47. The molecule has 0 radical (unpaired) electrons. The smallest absolute Gasteiger partial charge is 0.283 e. The molecule has 0 fully saturated rings. The van der Waals surface area contributed by atoms with Crippen molar-refractivity contribution in [2.45, 2.75) is 0 Å². The summed E-state index contributed by atoms with van der Waals surface area (Å²) in [5.41, 5.74) is 5.46. The van der Waals surface area contributed by atoms with Crippen LogP contribution in [0.4, 0.5) is 5.82 Å². The van der Waals surface area contributed by atoms with E-state index in [9.17, 15) is 0 Å². The van der Waals surface area contributed by atoms with Crippen molar-refractivity contribution >= 4 is 37.7 Å². The maximum Gasteiger partial charge on any atom is 0.329 e. The Labute approximate surface area is 74.5 Å². The average Bonchev–Trinajstić information content (AvgIpc) is 1.82. The summed E-state index contributed by atoms with van der Waals surface area (Å²) in [5, 5.41) is 0. The Morgan fingerprint density at radius 1 is 1.50 bits per heavy atom. The Kier molecular flexibility index (Phi) is 2.10. The molecule has 0 aliphatic heterocycles. The lowest BCUT2D eigenvalue weighted by Gasteiger charge is -1.96. The van der Waals surface area contributed by atoms with Gasteiger partial charge in [0.25, 0.3) is 0 Å². The molecule has 0 aliphatic carbocycles. The van der Waals surface area contributed by atoms with Crippen molar-refractivity contribution in [2.24, 2.45) is 0 Å². The number of anilines is 1. The summed E-state index contributed by atoms with van der Waals surface area (Å²) in [4.78, 5) is 3.94. The Hall–Kier alpha value is -0.360. The van der Waals surface area contributed by atoms with Crippen LogP contribution in [0.5, 0.6) is 0 Å². The van der Waals surface area contributed by atoms with Gasteiger partial charge in [0.05, 0.1) is 0 Å². The Morgan fingerprint density at radius 3 is 2.60 bits per heavy atom. The van der Waals surface area contributed by atoms with E-state index in [0.717, 1.165) is 0 Å². The molecule has 0 saturated heterocycles. The third-order valence-electron chi connectivity index (χ3n) is 0.940. The summed E-state index contributed by atoms with van der Waals surface area (Å²) in [6.07, 6.45) is 1.57. The summed E-state index contributed by atoms with van der Waals surface area (Å²) in [6.45, 7) is 0. The van der Waals surface area contributed by atoms with E-state index in [-0.39, 0.29) is 0 Å². The molecule has 0 amide bonds.